The van der Waals surface area contributed by atoms with Gasteiger partial charge in [-0.05, 0) is 36.4 Å². The van der Waals surface area contributed by atoms with Crippen LogP contribution < -0.4 is 10.1 Å². The third kappa shape index (κ3) is 5.18. The molecule has 0 atom stereocenters. The lowest BCUT2D eigenvalue weighted by molar-refractivity contribution is -0.384. The van der Waals surface area contributed by atoms with E-state index >= 15 is 0 Å². The number of nitro benzene ring substituents is 1. The number of carbonyl (C=O) groups is 2. The number of carbonyl (C=O) groups excluding carboxylic acids is 2. The Labute approximate surface area is 171 Å². The van der Waals surface area contributed by atoms with Crippen LogP contribution in [0.5, 0.6) is 5.75 Å². The number of rotatable bonds is 7. The molecule has 0 aliphatic heterocycles. The van der Waals surface area contributed by atoms with E-state index in [2.05, 4.69) is 5.32 Å². The first-order valence-electron chi connectivity index (χ1n) is 8.50. The fourth-order valence-corrected chi connectivity index (χ4v) is 2.72. The predicted molar refractivity (Wildman–Crippen MR) is 109 cm³/mol. The quantitative estimate of drug-likeness (QED) is 0.351. The maximum atomic E-state index is 12.4. The fourth-order valence-electron chi connectivity index (χ4n) is 2.54. The molecular weight excluding hydrogens is 396 g/mol. The van der Waals surface area contributed by atoms with Crippen LogP contribution in [0.3, 0.4) is 0 Å². The maximum Gasteiger partial charge on any atom is 0.289 e. The van der Waals surface area contributed by atoms with Gasteiger partial charge in [0.1, 0.15) is 10.8 Å². The number of ketones is 1. The third-order valence-corrected chi connectivity index (χ3v) is 4.27. The highest BCUT2D eigenvalue weighted by molar-refractivity contribution is 6.32. The Morgan fingerprint density at radius 1 is 0.966 bits per heavy atom. The average molecular weight is 411 g/mol. The molecule has 0 spiro atoms. The van der Waals surface area contributed by atoms with Crippen molar-refractivity contribution in [2.45, 2.75) is 0 Å². The molecule has 8 heteroatoms. The minimum Gasteiger partial charge on any atom is -0.484 e. The van der Waals surface area contributed by atoms with Crippen LogP contribution in [0.25, 0.3) is 0 Å². The van der Waals surface area contributed by atoms with Crippen molar-refractivity contribution in [3.63, 3.8) is 0 Å². The number of ether oxygens (including phenoxy) is 1. The molecule has 0 aliphatic rings. The number of halogens is 1. The second-order valence-corrected chi connectivity index (χ2v) is 6.39. The highest BCUT2D eigenvalue weighted by atomic mass is 35.5. The van der Waals surface area contributed by atoms with Gasteiger partial charge in [-0.1, -0.05) is 41.9 Å². The molecule has 0 unspecified atom stereocenters. The molecule has 0 bridgehead atoms. The van der Waals surface area contributed by atoms with Crippen molar-refractivity contribution < 1.29 is 19.2 Å². The Morgan fingerprint density at radius 2 is 1.62 bits per heavy atom. The number of hydrogen-bond donors (Lipinski definition) is 1. The second-order valence-electron chi connectivity index (χ2n) is 5.98. The smallest absolute Gasteiger partial charge is 0.289 e. The molecule has 3 aromatic carbocycles. The third-order valence-electron chi connectivity index (χ3n) is 3.95. The SMILES string of the molecule is O=C(COc1ccc(C(=O)c2ccccc2)cc1)Nc1ccc(Cl)c([N+](=O)[O-])c1. The minimum atomic E-state index is -0.632. The van der Waals surface area contributed by atoms with Crippen LogP contribution in [0.15, 0.2) is 72.8 Å². The summed E-state index contributed by atoms with van der Waals surface area (Å²) in [7, 11) is 0. The zero-order chi connectivity index (χ0) is 20.8. The Morgan fingerprint density at radius 3 is 2.28 bits per heavy atom. The molecule has 29 heavy (non-hydrogen) atoms. The van der Waals surface area contributed by atoms with E-state index in [0.717, 1.165) is 0 Å². The Kier molecular flexibility index (Phi) is 6.21. The number of benzene rings is 3. The van der Waals surface area contributed by atoms with Crippen molar-refractivity contribution in [3.05, 3.63) is 99.1 Å². The summed E-state index contributed by atoms with van der Waals surface area (Å²) in [5.41, 5.74) is 1.02. The van der Waals surface area contributed by atoms with Gasteiger partial charge in [-0.25, -0.2) is 0 Å². The molecule has 7 nitrogen and oxygen atoms in total. The molecule has 0 aliphatic carbocycles. The van der Waals surface area contributed by atoms with E-state index in [4.69, 9.17) is 16.3 Å². The normalized spacial score (nSPS) is 10.2. The number of hydrogen-bond acceptors (Lipinski definition) is 5. The van der Waals surface area contributed by atoms with Gasteiger partial charge >= 0.3 is 0 Å². The summed E-state index contributed by atoms with van der Waals surface area (Å²) in [5.74, 6) is -0.197. The molecule has 0 fully saturated rings. The molecule has 146 valence electrons. The predicted octanol–water partition coefficient (Wildman–Crippen LogP) is 4.50. The molecule has 1 N–H and O–H groups in total. The van der Waals surface area contributed by atoms with Gasteiger partial charge in [-0.15, -0.1) is 0 Å². The average Bonchev–Trinajstić information content (AvgIpc) is 2.74. The van der Waals surface area contributed by atoms with Crippen molar-refractivity contribution in [1.29, 1.82) is 0 Å². The fraction of sp³-hybridized carbons (Fsp3) is 0.0476. The zero-order valence-corrected chi connectivity index (χ0v) is 15.8. The maximum absolute atomic E-state index is 12.4. The molecule has 0 saturated carbocycles. The summed E-state index contributed by atoms with van der Waals surface area (Å²) in [6, 6.07) is 19.3. The van der Waals surface area contributed by atoms with Crippen LogP contribution in [0, 0.1) is 10.1 Å². The van der Waals surface area contributed by atoms with Crippen molar-refractivity contribution in [1.82, 2.24) is 0 Å². The molecule has 3 rings (SSSR count). The summed E-state index contributed by atoms with van der Waals surface area (Å²) in [6.45, 7) is -0.303. The number of nitrogens with zero attached hydrogens (tertiary/aromatic N) is 1. The van der Waals surface area contributed by atoms with E-state index in [9.17, 15) is 19.7 Å². The lowest BCUT2D eigenvalue weighted by atomic mass is 10.0. The highest BCUT2D eigenvalue weighted by Gasteiger charge is 2.14. The van der Waals surface area contributed by atoms with Gasteiger partial charge in [0, 0.05) is 22.9 Å². The second kappa shape index (κ2) is 8.99. The van der Waals surface area contributed by atoms with Gasteiger partial charge in [0.25, 0.3) is 11.6 Å². The van der Waals surface area contributed by atoms with Gasteiger partial charge in [0.05, 0.1) is 4.92 Å². The van der Waals surface area contributed by atoms with E-state index in [1.54, 1.807) is 48.5 Å². The summed E-state index contributed by atoms with van der Waals surface area (Å²) in [5, 5.41) is 13.4. The zero-order valence-electron chi connectivity index (χ0n) is 15.0. The summed E-state index contributed by atoms with van der Waals surface area (Å²) in [6.07, 6.45) is 0. The largest absolute Gasteiger partial charge is 0.484 e. The van der Waals surface area contributed by atoms with Gasteiger partial charge in [-0.2, -0.15) is 0 Å². The van der Waals surface area contributed by atoms with Crippen LogP contribution in [-0.2, 0) is 4.79 Å². The van der Waals surface area contributed by atoms with Gasteiger partial charge < -0.3 is 10.1 Å². The molecule has 1 amide bonds. The van der Waals surface area contributed by atoms with Crippen LogP contribution in [0.1, 0.15) is 15.9 Å². The number of nitro groups is 1. The van der Waals surface area contributed by atoms with E-state index in [0.29, 0.717) is 16.9 Å². The van der Waals surface area contributed by atoms with Crippen LogP contribution in [-0.4, -0.2) is 23.2 Å². The first kappa shape index (κ1) is 20.0. The van der Waals surface area contributed by atoms with Crippen LogP contribution in [0.2, 0.25) is 5.02 Å². The molecule has 0 aromatic heterocycles. The number of amides is 1. The Balaban J connectivity index is 1.57. The first-order valence-corrected chi connectivity index (χ1v) is 8.88. The van der Waals surface area contributed by atoms with Crippen molar-refractivity contribution in [2.75, 3.05) is 11.9 Å². The van der Waals surface area contributed by atoms with Gasteiger partial charge in [0.2, 0.25) is 0 Å². The molecule has 0 saturated heterocycles. The molecule has 0 heterocycles. The van der Waals surface area contributed by atoms with E-state index in [1.807, 2.05) is 6.07 Å². The van der Waals surface area contributed by atoms with E-state index in [-0.39, 0.29) is 28.8 Å². The molecule has 3 aromatic rings. The van der Waals surface area contributed by atoms with E-state index in [1.165, 1.54) is 18.2 Å². The summed E-state index contributed by atoms with van der Waals surface area (Å²) < 4.78 is 5.40. The topological polar surface area (TPSA) is 98.5 Å². The van der Waals surface area contributed by atoms with Crippen molar-refractivity contribution >= 4 is 34.7 Å². The van der Waals surface area contributed by atoms with Crippen molar-refractivity contribution in [3.8, 4) is 5.75 Å². The van der Waals surface area contributed by atoms with Gasteiger partial charge in [-0.3, -0.25) is 19.7 Å². The number of anilines is 1. The monoisotopic (exact) mass is 410 g/mol. The molecular formula is C21H15ClN2O5. The van der Waals surface area contributed by atoms with E-state index < -0.39 is 10.8 Å². The van der Waals surface area contributed by atoms with Gasteiger partial charge in [0.15, 0.2) is 12.4 Å². The van der Waals surface area contributed by atoms with Crippen molar-refractivity contribution in [2.24, 2.45) is 0 Å². The Hall–Kier alpha value is -3.71. The van der Waals surface area contributed by atoms with Crippen LogP contribution >= 0.6 is 11.6 Å². The highest BCUT2D eigenvalue weighted by Crippen LogP contribution is 2.27. The number of nitrogens with one attached hydrogen (secondary N) is 1. The summed E-state index contributed by atoms with van der Waals surface area (Å²) >= 11 is 5.74. The van der Waals surface area contributed by atoms with Crippen LogP contribution in [0.4, 0.5) is 11.4 Å². The first-order chi connectivity index (χ1) is 13.9. The lowest BCUT2D eigenvalue weighted by Gasteiger charge is -2.08. The standard InChI is InChI=1S/C21H15ClN2O5/c22-18-11-8-16(12-19(18)24(27)28)23-20(25)13-29-17-9-6-15(7-10-17)21(26)14-4-2-1-3-5-14/h1-12H,13H2,(H,23,25). The Bertz CT molecular complexity index is 1050. The molecule has 0 radical (unpaired) electrons. The lowest BCUT2D eigenvalue weighted by Crippen LogP contribution is -2.20. The minimum absolute atomic E-state index is 0.0191. The summed E-state index contributed by atoms with van der Waals surface area (Å²) in [4.78, 5) is 34.6.